The van der Waals surface area contributed by atoms with Crippen LogP contribution in [0.1, 0.15) is 23.5 Å². The van der Waals surface area contributed by atoms with Crippen LogP contribution in [0.25, 0.3) is 0 Å². The van der Waals surface area contributed by atoms with Crippen LogP contribution in [0.5, 0.6) is 0 Å². The summed E-state index contributed by atoms with van der Waals surface area (Å²) in [6.45, 7) is 8.02. The monoisotopic (exact) mass is 289 g/mol. The molecular weight excluding hydrogens is 274 g/mol. The Balaban J connectivity index is 2.06. The first-order valence-corrected chi connectivity index (χ1v) is 7.07. The second-order valence-corrected chi connectivity index (χ2v) is 5.87. The van der Waals surface area contributed by atoms with E-state index in [-0.39, 0.29) is 10.0 Å². The lowest BCUT2D eigenvalue weighted by atomic mass is 10.2. The van der Waals surface area contributed by atoms with E-state index in [1.54, 1.807) is 0 Å². The minimum atomic E-state index is -1.01. The number of aromatic nitrogens is 1. The molecule has 2 rings (SSSR count). The second-order valence-electron chi connectivity index (χ2n) is 4.54. The number of thiazole rings is 1. The second kappa shape index (κ2) is 5.42. The number of anilines is 1. The molecule has 7 heteroatoms. The van der Waals surface area contributed by atoms with Crippen molar-refractivity contribution in [1.29, 1.82) is 0 Å². The average molecular weight is 290 g/mol. The van der Waals surface area contributed by atoms with E-state index in [2.05, 4.69) is 28.6 Å². The van der Waals surface area contributed by atoms with Gasteiger partial charge >= 0.3 is 5.97 Å². The van der Waals surface area contributed by atoms with Crippen molar-refractivity contribution in [3.63, 3.8) is 0 Å². The molecule has 0 amide bonds. The highest BCUT2D eigenvalue weighted by molar-refractivity contribution is 7.18. The third-order valence-electron chi connectivity index (χ3n) is 3.08. The molecule has 0 saturated carbocycles. The summed E-state index contributed by atoms with van der Waals surface area (Å²) in [5.41, 5.74) is 0. The lowest BCUT2D eigenvalue weighted by Gasteiger charge is -2.36. The van der Waals surface area contributed by atoms with Crippen molar-refractivity contribution in [2.75, 3.05) is 31.1 Å². The Morgan fingerprint density at radius 3 is 2.44 bits per heavy atom. The van der Waals surface area contributed by atoms with Crippen LogP contribution in [0.3, 0.4) is 0 Å². The van der Waals surface area contributed by atoms with Crippen molar-refractivity contribution in [1.82, 2.24) is 9.88 Å². The summed E-state index contributed by atoms with van der Waals surface area (Å²) >= 11 is 6.97. The fraction of sp³-hybridized carbons (Fsp3) is 0.636. The van der Waals surface area contributed by atoms with Crippen LogP contribution in [0.4, 0.5) is 5.13 Å². The molecule has 0 aliphatic carbocycles. The Hall–Kier alpha value is -0.850. The van der Waals surface area contributed by atoms with Crippen molar-refractivity contribution in [2.24, 2.45) is 0 Å². The first kappa shape index (κ1) is 13.6. The predicted molar refractivity (Wildman–Crippen MR) is 73.0 cm³/mol. The molecular formula is C11H16ClN3O2S. The Morgan fingerprint density at radius 1 is 1.39 bits per heavy atom. The van der Waals surface area contributed by atoms with Crippen LogP contribution in [-0.2, 0) is 0 Å². The number of carboxylic acid groups (broad SMARTS) is 1. The Kier molecular flexibility index (Phi) is 4.09. The molecule has 1 fully saturated rings. The van der Waals surface area contributed by atoms with Crippen molar-refractivity contribution in [3.8, 4) is 0 Å². The molecule has 1 aromatic heterocycles. The first-order valence-electron chi connectivity index (χ1n) is 5.87. The highest BCUT2D eigenvalue weighted by Crippen LogP contribution is 2.30. The highest BCUT2D eigenvalue weighted by atomic mass is 35.5. The molecule has 1 saturated heterocycles. The molecule has 0 spiro atoms. The normalized spacial score (nSPS) is 17.4. The van der Waals surface area contributed by atoms with E-state index in [1.807, 2.05) is 0 Å². The third-order valence-corrected chi connectivity index (χ3v) is 4.57. The molecule has 1 aliphatic rings. The Bertz CT molecular complexity index is 441. The molecule has 0 bridgehead atoms. The van der Waals surface area contributed by atoms with Crippen molar-refractivity contribution >= 4 is 34.0 Å². The van der Waals surface area contributed by atoms with E-state index >= 15 is 0 Å². The van der Waals surface area contributed by atoms with E-state index < -0.39 is 5.97 Å². The quantitative estimate of drug-likeness (QED) is 0.923. The molecule has 1 aliphatic heterocycles. The van der Waals surface area contributed by atoms with E-state index in [0.717, 1.165) is 37.5 Å². The van der Waals surface area contributed by atoms with Gasteiger partial charge in [-0.3, -0.25) is 4.90 Å². The molecule has 100 valence electrons. The van der Waals surface area contributed by atoms with E-state index in [0.29, 0.717) is 11.2 Å². The molecule has 0 radical (unpaired) electrons. The smallest absolute Gasteiger partial charge is 0.349 e. The van der Waals surface area contributed by atoms with Crippen LogP contribution >= 0.6 is 22.9 Å². The van der Waals surface area contributed by atoms with E-state index in [9.17, 15) is 4.79 Å². The van der Waals surface area contributed by atoms with Crippen molar-refractivity contribution < 1.29 is 9.90 Å². The van der Waals surface area contributed by atoms with Gasteiger partial charge in [0.25, 0.3) is 0 Å². The lowest BCUT2D eigenvalue weighted by Crippen LogP contribution is -2.48. The fourth-order valence-electron chi connectivity index (χ4n) is 1.99. The molecule has 2 heterocycles. The van der Waals surface area contributed by atoms with Crippen LogP contribution in [0.15, 0.2) is 0 Å². The molecule has 0 unspecified atom stereocenters. The summed E-state index contributed by atoms with van der Waals surface area (Å²) in [6.07, 6.45) is 0. The van der Waals surface area contributed by atoms with Gasteiger partial charge in [0.2, 0.25) is 0 Å². The zero-order valence-electron chi connectivity index (χ0n) is 10.4. The topological polar surface area (TPSA) is 56.7 Å². The first-order chi connectivity index (χ1) is 8.49. The number of piperazine rings is 1. The summed E-state index contributed by atoms with van der Waals surface area (Å²) in [6, 6.07) is 0.543. The minimum Gasteiger partial charge on any atom is -0.477 e. The molecule has 1 aromatic rings. The van der Waals surface area contributed by atoms with E-state index in [1.165, 1.54) is 0 Å². The Morgan fingerprint density at radius 2 is 2.00 bits per heavy atom. The zero-order chi connectivity index (χ0) is 13.3. The summed E-state index contributed by atoms with van der Waals surface area (Å²) in [5.74, 6) is -1.01. The van der Waals surface area contributed by atoms with Gasteiger partial charge in [-0.1, -0.05) is 22.9 Å². The Labute approximate surface area is 115 Å². The maximum Gasteiger partial charge on any atom is 0.349 e. The number of carbonyl (C=O) groups is 1. The van der Waals surface area contributed by atoms with Gasteiger partial charge in [-0.25, -0.2) is 9.78 Å². The lowest BCUT2D eigenvalue weighted by molar-refractivity contribution is 0.0702. The summed E-state index contributed by atoms with van der Waals surface area (Å²) in [7, 11) is 0. The molecule has 18 heavy (non-hydrogen) atoms. The number of hydrogen-bond donors (Lipinski definition) is 1. The number of rotatable bonds is 3. The highest BCUT2D eigenvalue weighted by Gasteiger charge is 2.23. The number of nitrogens with zero attached hydrogens (tertiary/aromatic N) is 3. The standard InChI is InChI=1S/C11H16ClN3O2S/c1-7(2)14-3-5-15(6-4-14)11-13-9(12)8(18-11)10(16)17/h7H,3-6H2,1-2H3,(H,16,17). The minimum absolute atomic E-state index is 0.0915. The van der Waals surface area contributed by atoms with Gasteiger partial charge in [0, 0.05) is 32.2 Å². The van der Waals surface area contributed by atoms with Gasteiger partial charge in [0.1, 0.15) is 0 Å². The van der Waals surface area contributed by atoms with Crippen LogP contribution in [-0.4, -0.2) is 53.2 Å². The summed E-state index contributed by atoms with van der Waals surface area (Å²) in [5, 5.41) is 9.75. The van der Waals surface area contributed by atoms with Crippen molar-refractivity contribution in [2.45, 2.75) is 19.9 Å². The number of hydrogen-bond acceptors (Lipinski definition) is 5. The molecule has 5 nitrogen and oxygen atoms in total. The molecule has 0 aromatic carbocycles. The maximum atomic E-state index is 10.9. The van der Waals surface area contributed by atoms with Gasteiger partial charge in [0.15, 0.2) is 15.2 Å². The third kappa shape index (κ3) is 2.76. The van der Waals surface area contributed by atoms with Gasteiger partial charge in [-0.2, -0.15) is 0 Å². The average Bonchev–Trinajstić information content (AvgIpc) is 2.71. The summed E-state index contributed by atoms with van der Waals surface area (Å²) in [4.78, 5) is 19.7. The SMILES string of the molecule is CC(C)N1CCN(c2nc(Cl)c(C(=O)O)s2)CC1. The number of carboxylic acids is 1. The predicted octanol–water partition coefficient (Wildman–Crippen LogP) is 2.03. The van der Waals surface area contributed by atoms with Gasteiger partial charge in [-0.15, -0.1) is 0 Å². The van der Waals surface area contributed by atoms with Gasteiger partial charge in [0.05, 0.1) is 0 Å². The van der Waals surface area contributed by atoms with Crippen LogP contribution in [0.2, 0.25) is 5.15 Å². The number of halogens is 1. The fourth-order valence-corrected chi connectivity index (χ4v) is 3.16. The van der Waals surface area contributed by atoms with E-state index in [4.69, 9.17) is 16.7 Å². The molecule has 0 atom stereocenters. The van der Waals surface area contributed by atoms with Crippen molar-refractivity contribution in [3.05, 3.63) is 10.0 Å². The summed E-state index contributed by atoms with van der Waals surface area (Å²) < 4.78 is 0. The van der Waals surface area contributed by atoms with Crippen LogP contribution < -0.4 is 4.90 Å². The van der Waals surface area contributed by atoms with Gasteiger partial charge in [-0.05, 0) is 13.8 Å². The largest absolute Gasteiger partial charge is 0.477 e. The van der Waals surface area contributed by atoms with Gasteiger partial charge < -0.3 is 10.0 Å². The zero-order valence-corrected chi connectivity index (χ0v) is 12.0. The van der Waals surface area contributed by atoms with Crippen LogP contribution in [0, 0.1) is 0 Å². The number of aromatic carboxylic acids is 1. The maximum absolute atomic E-state index is 10.9. The molecule has 1 N–H and O–H groups in total.